The highest BCUT2D eigenvalue weighted by Gasteiger charge is 2.38. The monoisotopic (exact) mass is 431 g/mol. The van der Waals surface area contributed by atoms with E-state index in [9.17, 15) is 19.2 Å². The van der Waals surface area contributed by atoms with Crippen molar-refractivity contribution in [1.29, 1.82) is 0 Å². The summed E-state index contributed by atoms with van der Waals surface area (Å²) < 4.78 is 0. The second kappa shape index (κ2) is 12.3. The van der Waals surface area contributed by atoms with Gasteiger partial charge >= 0.3 is 0 Å². The molecule has 0 aliphatic carbocycles. The normalized spacial score (nSPS) is 14.3. The number of hydrogen-bond donors (Lipinski definition) is 3. The van der Waals surface area contributed by atoms with Crippen molar-refractivity contribution in [1.82, 2.24) is 10.2 Å². The van der Waals surface area contributed by atoms with Gasteiger partial charge in [0.05, 0.1) is 6.04 Å². The Bertz CT molecular complexity index is 746. The molecule has 3 amide bonds. The predicted octanol–water partition coefficient (Wildman–Crippen LogP) is 1.07. The molecular formula is C23H35N4O4. The Balaban J connectivity index is 3.05. The third kappa shape index (κ3) is 8.22. The molecule has 1 radical (unpaired) electrons. The van der Waals surface area contributed by atoms with Crippen LogP contribution in [0.1, 0.15) is 52.5 Å². The van der Waals surface area contributed by atoms with Gasteiger partial charge in [-0.25, -0.2) is 0 Å². The van der Waals surface area contributed by atoms with E-state index in [1.54, 1.807) is 27.1 Å². The fourth-order valence-electron chi connectivity index (χ4n) is 3.04. The van der Waals surface area contributed by atoms with Crippen LogP contribution in [0.4, 0.5) is 0 Å². The third-order valence-electron chi connectivity index (χ3n) is 4.85. The molecule has 0 heterocycles. The lowest BCUT2D eigenvalue weighted by molar-refractivity contribution is -0.153. The molecule has 8 heteroatoms. The van der Waals surface area contributed by atoms with Crippen molar-refractivity contribution in [2.24, 2.45) is 16.9 Å². The molecule has 0 saturated heterocycles. The van der Waals surface area contributed by atoms with Gasteiger partial charge in [0, 0.05) is 5.41 Å². The third-order valence-corrected chi connectivity index (χ3v) is 4.85. The minimum Gasteiger partial charge on any atom is -0.343 e. The molecule has 0 aromatic heterocycles. The minimum atomic E-state index is -1.08. The molecule has 0 spiro atoms. The number of nitrogens with two attached hydrogens (primary N) is 2. The number of hydrogen-bond acceptors (Lipinski definition) is 6. The van der Waals surface area contributed by atoms with Crippen molar-refractivity contribution in [3.05, 3.63) is 35.9 Å². The quantitative estimate of drug-likeness (QED) is 0.449. The first kappa shape index (κ1) is 26.5. The smallest absolute Gasteiger partial charge is 0.252 e. The van der Waals surface area contributed by atoms with Crippen LogP contribution in [0.15, 0.2) is 30.3 Å². The molecule has 8 nitrogen and oxygen atoms in total. The number of nitrogens with zero attached hydrogens (tertiary/aromatic N) is 1. The van der Waals surface area contributed by atoms with Crippen LogP contribution >= 0.6 is 0 Å². The molecule has 0 aliphatic rings. The standard InChI is InChI=1S/C23H35N4O4/c1-16(15-28)27(22(31)23(2,3)4)21(30)19(12-8-9-13-24)26-20(29)18(25)14-17-10-6-5-7-11-17/h5-7,10-11,16,18-19H,8-9,12-14,24-25H2,1-4H3,(H,26,29)/t16-,18-,19-/m0/s1. The van der Waals surface area contributed by atoms with Gasteiger partial charge in [-0.1, -0.05) is 51.1 Å². The van der Waals surface area contributed by atoms with Gasteiger partial charge in [0.1, 0.15) is 12.1 Å². The van der Waals surface area contributed by atoms with E-state index in [0.29, 0.717) is 25.8 Å². The summed E-state index contributed by atoms with van der Waals surface area (Å²) in [6, 6.07) is 6.36. The number of amides is 3. The molecule has 0 aliphatic heterocycles. The molecule has 5 N–H and O–H groups in total. The lowest BCUT2D eigenvalue weighted by Gasteiger charge is -2.33. The Morgan fingerprint density at radius 2 is 1.74 bits per heavy atom. The van der Waals surface area contributed by atoms with Gasteiger partial charge in [-0.3, -0.25) is 24.1 Å². The zero-order chi connectivity index (χ0) is 23.6. The summed E-state index contributed by atoms with van der Waals surface area (Å²) in [5, 5.41) is 2.68. The fraction of sp³-hybridized carbons (Fsp3) is 0.565. The maximum absolute atomic E-state index is 13.3. The maximum atomic E-state index is 13.3. The van der Waals surface area contributed by atoms with Crippen LogP contribution in [0, 0.1) is 5.41 Å². The van der Waals surface area contributed by atoms with Crippen molar-refractivity contribution >= 4 is 24.0 Å². The van der Waals surface area contributed by atoms with Gasteiger partial charge in [0.2, 0.25) is 18.1 Å². The number of rotatable bonds is 11. The Labute approximate surface area is 184 Å². The summed E-state index contributed by atoms with van der Waals surface area (Å²) in [5.74, 6) is -1.66. The van der Waals surface area contributed by atoms with E-state index in [2.05, 4.69) is 5.32 Å². The Hall–Kier alpha value is -2.58. The van der Waals surface area contributed by atoms with Crippen LogP contribution in [-0.4, -0.2) is 53.6 Å². The highest BCUT2D eigenvalue weighted by Crippen LogP contribution is 2.21. The number of carbonyl (C=O) groups is 3. The van der Waals surface area contributed by atoms with Crippen molar-refractivity contribution in [2.45, 2.75) is 71.5 Å². The van der Waals surface area contributed by atoms with E-state index >= 15 is 0 Å². The number of nitrogens with one attached hydrogen (secondary N) is 1. The molecule has 0 bridgehead atoms. The summed E-state index contributed by atoms with van der Waals surface area (Å²) in [7, 11) is 0. The summed E-state index contributed by atoms with van der Waals surface area (Å²) in [5.41, 5.74) is 11.6. The van der Waals surface area contributed by atoms with E-state index in [-0.39, 0.29) is 6.42 Å². The lowest BCUT2D eigenvalue weighted by Crippen LogP contribution is -2.58. The van der Waals surface area contributed by atoms with Crippen LogP contribution in [0.2, 0.25) is 0 Å². The molecule has 1 rings (SSSR count). The molecule has 31 heavy (non-hydrogen) atoms. The molecule has 0 saturated carbocycles. The summed E-state index contributed by atoms with van der Waals surface area (Å²) in [6.45, 7) is 6.83. The Morgan fingerprint density at radius 1 is 1.13 bits per heavy atom. The van der Waals surface area contributed by atoms with Crippen LogP contribution in [0.3, 0.4) is 0 Å². The summed E-state index contributed by atoms with van der Waals surface area (Å²) >= 11 is 0. The largest absolute Gasteiger partial charge is 0.343 e. The molecule has 1 aromatic rings. The van der Waals surface area contributed by atoms with Gasteiger partial charge in [0.15, 0.2) is 0 Å². The van der Waals surface area contributed by atoms with Crippen LogP contribution in [-0.2, 0) is 25.6 Å². The first-order valence-electron chi connectivity index (χ1n) is 10.6. The van der Waals surface area contributed by atoms with Gasteiger partial charge in [-0.15, -0.1) is 0 Å². The van der Waals surface area contributed by atoms with E-state index in [1.807, 2.05) is 30.3 Å². The number of carbonyl (C=O) groups excluding carboxylic acids is 4. The van der Waals surface area contributed by atoms with Crippen molar-refractivity contribution < 1.29 is 19.2 Å². The Kier molecular flexibility index (Phi) is 10.5. The average molecular weight is 432 g/mol. The molecule has 0 unspecified atom stereocenters. The lowest BCUT2D eigenvalue weighted by atomic mass is 9.93. The first-order valence-corrected chi connectivity index (χ1v) is 10.6. The molecule has 171 valence electrons. The highest BCUT2D eigenvalue weighted by molar-refractivity contribution is 6.03. The van der Waals surface area contributed by atoms with Crippen LogP contribution in [0.5, 0.6) is 0 Å². The van der Waals surface area contributed by atoms with Gasteiger partial charge < -0.3 is 16.8 Å². The van der Waals surface area contributed by atoms with E-state index < -0.39 is 41.3 Å². The first-order chi connectivity index (χ1) is 14.5. The van der Waals surface area contributed by atoms with Gasteiger partial charge in [-0.2, -0.15) is 0 Å². The topological polar surface area (TPSA) is 136 Å². The van der Waals surface area contributed by atoms with Crippen LogP contribution in [0.25, 0.3) is 0 Å². The average Bonchev–Trinajstić information content (AvgIpc) is 2.72. The summed E-state index contributed by atoms with van der Waals surface area (Å²) in [6.07, 6.45) is 3.51. The van der Waals surface area contributed by atoms with E-state index in [0.717, 1.165) is 10.5 Å². The SMILES string of the molecule is C[C@@H]([C]=O)N(C(=O)[C@H](CCCCN)NC(=O)[C@@H](N)Cc1ccccc1)C(=O)C(C)(C)C. The van der Waals surface area contributed by atoms with Gasteiger partial charge in [0.25, 0.3) is 5.91 Å². The number of benzene rings is 1. The summed E-state index contributed by atoms with van der Waals surface area (Å²) in [4.78, 5) is 51.1. The highest BCUT2D eigenvalue weighted by atomic mass is 16.2. The molecule has 1 aromatic carbocycles. The maximum Gasteiger partial charge on any atom is 0.252 e. The Morgan fingerprint density at radius 3 is 2.26 bits per heavy atom. The minimum absolute atomic E-state index is 0.277. The van der Waals surface area contributed by atoms with Crippen molar-refractivity contribution in [3.63, 3.8) is 0 Å². The van der Waals surface area contributed by atoms with E-state index in [1.165, 1.54) is 6.92 Å². The second-order valence-electron chi connectivity index (χ2n) is 8.70. The zero-order valence-electron chi connectivity index (χ0n) is 18.9. The molecule has 3 atom stereocenters. The number of imide groups is 1. The van der Waals surface area contributed by atoms with Gasteiger partial charge in [-0.05, 0) is 44.7 Å². The predicted molar refractivity (Wildman–Crippen MR) is 119 cm³/mol. The second-order valence-corrected chi connectivity index (χ2v) is 8.70. The fourth-order valence-corrected chi connectivity index (χ4v) is 3.04. The van der Waals surface area contributed by atoms with Crippen molar-refractivity contribution in [2.75, 3.05) is 6.54 Å². The zero-order valence-corrected chi connectivity index (χ0v) is 18.9. The molecule has 0 fully saturated rings. The van der Waals surface area contributed by atoms with Crippen LogP contribution < -0.4 is 16.8 Å². The number of unbranched alkanes of at least 4 members (excludes halogenated alkanes) is 1. The molecular weight excluding hydrogens is 396 g/mol. The van der Waals surface area contributed by atoms with E-state index in [4.69, 9.17) is 11.5 Å². The van der Waals surface area contributed by atoms with Crippen molar-refractivity contribution in [3.8, 4) is 0 Å².